The predicted octanol–water partition coefficient (Wildman–Crippen LogP) is 0.286. The van der Waals surface area contributed by atoms with Crippen molar-refractivity contribution in [3.63, 3.8) is 0 Å². The molecule has 17 heavy (non-hydrogen) atoms. The van der Waals surface area contributed by atoms with E-state index in [9.17, 15) is 9.59 Å². The van der Waals surface area contributed by atoms with Crippen molar-refractivity contribution in [1.82, 2.24) is 10.2 Å². The van der Waals surface area contributed by atoms with Crippen molar-refractivity contribution >= 4 is 12.0 Å². The van der Waals surface area contributed by atoms with Crippen LogP contribution in [0.15, 0.2) is 12.7 Å². The topological polar surface area (TPSA) is 89.9 Å². The van der Waals surface area contributed by atoms with Crippen molar-refractivity contribution in [1.29, 1.82) is 0 Å². The Bertz CT molecular complexity index is 279. The molecule has 0 aromatic rings. The molecule has 0 aliphatic carbocycles. The van der Waals surface area contributed by atoms with Crippen molar-refractivity contribution in [2.75, 3.05) is 19.7 Å². The van der Waals surface area contributed by atoms with E-state index in [2.05, 4.69) is 11.9 Å². The molecule has 0 heterocycles. The van der Waals surface area contributed by atoms with Crippen molar-refractivity contribution in [2.45, 2.75) is 19.9 Å². The maximum Gasteiger partial charge on any atom is 0.326 e. The summed E-state index contributed by atoms with van der Waals surface area (Å²) in [4.78, 5) is 23.9. The van der Waals surface area contributed by atoms with Crippen LogP contribution in [-0.2, 0) is 4.79 Å². The number of amides is 2. The van der Waals surface area contributed by atoms with Gasteiger partial charge in [0.2, 0.25) is 0 Å². The first-order chi connectivity index (χ1) is 7.93. The van der Waals surface area contributed by atoms with Crippen molar-refractivity contribution in [2.24, 2.45) is 5.92 Å². The minimum Gasteiger partial charge on any atom is -0.480 e. The number of hydrogen-bond acceptors (Lipinski definition) is 3. The molecule has 0 unspecified atom stereocenters. The van der Waals surface area contributed by atoms with Crippen LogP contribution in [0, 0.1) is 5.92 Å². The number of carbonyl (C=O) groups is 2. The fourth-order valence-corrected chi connectivity index (χ4v) is 1.29. The summed E-state index contributed by atoms with van der Waals surface area (Å²) in [5.41, 5.74) is 0. The third kappa shape index (κ3) is 5.35. The minimum atomic E-state index is -1.07. The van der Waals surface area contributed by atoms with Gasteiger partial charge in [0, 0.05) is 13.1 Å². The number of nitrogens with one attached hydrogen (secondary N) is 1. The Morgan fingerprint density at radius 2 is 2.06 bits per heavy atom. The molecule has 0 spiro atoms. The molecule has 1 atom stereocenters. The summed E-state index contributed by atoms with van der Waals surface area (Å²) in [5.74, 6) is -1.29. The third-order valence-electron chi connectivity index (χ3n) is 2.22. The highest BCUT2D eigenvalue weighted by atomic mass is 16.4. The second kappa shape index (κ2) is 7.67. The second-order valence-electron chi connectivity index (χ2n) is 3.97. The van der Waals surface area contributed by atoms with Gasteiger partial charge in [-0.1, -0.05) is 19.9 Å². The lowest BCUT2D eigenvalue weighted by Crippen LogP contribution is -2.50. The van der Waals surface area contributed by atoms with E-state index in [-0.39, 0.29) is 25.6 Å². The number of carboxylic acids is 1. The second-order valence-corrected chi connectivity index (χ2v) is 3.97. The summed E-state index contributed by atoms with van der Waals surface area (Å²) < 4.78 is 0. The summed E-state index contributed by atoms with van der Waals surface area (Å²) in [6.45, 7) is 7.14. The molecule has 2 amide bonds. The van der Waals surface area contributed by atoms with Gasteiger partial charge in [0.1, 0.15) is 6.04 Å². The molecule has 0 bridgehead atoms. The molecule has 98 valence electrons. The number of nitrogens with zero attached hydrogens (tertiary/aromatic N) is 1. The first-order valence-electron chi connectivity index (χ1n) is 5.44. The number of aliphatic carboxylic acids is 1. The molecule has 0 radical (unpaired) electrons. The van der Waals surface area contributed by atoms with Gasteiger partial charge in [-0.05, 0) is 5.92 Å². The van der Waals surface area contributed by atoms with Crippen LogP contribution in [0.4, 0.5) is 4.79 Å². The van der Waals surface area contributed by atoms with Crippen LogP contribution in [0.2, 0.25) is 0 Å². The van der Waals surface area contributed by atoms with E-state index in [1.54, 1.807) is 13.8 Å². The Morgan fingerprint density at radius 1 is 1.47 bits per heavy atom. The molecule has 0 aliphatic rings. The van der Waals surface area contributed by atoms with Crippen LogP contribution >= 0.6 is 0 Å². The molecule has 0 saturated carbocycles. The van der Waals surface area contributed by atoms with E-state index in [1.807, 2.05) is 0 Å². The van der Waals surface area contributed by atoms with E-state index in [1.165, 1.54) is 11.0 Å². The number of hydrogen-bond donors (Lipinski definition) is 3. The van der Waals surface area contributed by atoms with Crippen molar-refractivity contribution < 1.29 is 19.8 Å². The molecule has 3 N–H and O–H groups in total. The normalized spacial score (nSPS) is 12.0. The summed E-state index contributed by atoms with van der Waals surface area (Å²) in [5, 5.41) is 20.1. The van der Waals surface area contributed by atoms with E-state index >= 15 is 0 Å². The number of carboxylic acid groups (broad SMARTS) is 1. The summed E-state index contributed by atoms with van der Waals surface area (Å²) in [6.07, 6.45) is 1.51. The van der Waals surface area contributed by atoms with E-state index in [4.69, 9.17) is 10.2 Å². The zero-order valence-electron chi connectivity index (χ0n) is 10.2. The molecule has 0 saturated heterocycles. The van der Waals surface area contributed by atoms with E-state index < -0.39 is 18.0 Å². The van der Waals surface area contributed by atoms with Gasteiger partial charge in [-0.15, -0.1) is 6.58 Å². The molecule has 6 nitrogen and oxygen atoms in total. The number of rotatable bonds is 7. The molecular formula is C11H20N2O4. The fourth-order valence-electron chi connectivity index (χ4n) is 1.29. The molecule has 0 aliphatic heterocycles. The maximum atomic E-state index is 11.7. The third-order valence-corrected chi connectivity index (χ3v) is 2.22. The largest absolute Gasteiger partial charge is 0.480 e. The Kier molecular flexibility index (Phi) is 6.97. The number of urea groups is 1. The van der Waals surface area contributed by atoms with Crippen LogP contribution in [0.25, 0.3) is 0 Å². The highest BCUT2D eigenvalue weighted by Crippen LogP contribution is 2.03. The Balaban J connectivity index is 4.55. The van der Waals surface area contributed by atoms with Gasteiger partial charge >= 0.3 is 12.0 Å². The first kappa shape index (κ1) is 15.4. The van der Waals surface area contributed by atoms with E-state index in [0.717, 1.165) is 0 Å². The van der Waals surface area contributed by atoms with Crippen LogP contribution in [-0.4, -0.2) is 52.9 Å². The van der Waals surface area contributed by atoms with Gasteiger partial charge in [0.15, 0.2) is 0 Å². The number of aliphatic hydroxyl groups excluding tert-OH is 1. The predicted molar refractivity (Wildman–Crippen MR) is 63.6 cm³/mol. The lowest BCUT2D eigenvalue weighted by Gasteiger charge is -2.24. The van der Waals surface area contributed by atoms with Crippen LogP contribution < -0.4 is 5.32 Å². The molecule has 0 rings (SSSR count). The summed E-state index contributed by atoms with van der Waals surface area (Å²) in [6, 6.07) is -1.45. The monoisotopic (exact) mass is 244 g/mol. The number of aliphatic hydroxyl groups is 1. The van der Waals surface area contributed by atoms with Gasteiger partial charge in [-0.25, -0.2) is 9.59 Å². The number of carbonyl (C=O) groups excluding carboxylic acids is 1. The van der Waals surface area contributed by atoms with Crippen molar-refractivity contribution in [3.8, 4) is 0 Å². The zero-order valence-corrected chi connectivity index (χ0v) is 10.2. The Hall–Kier alpha value is -1.56. The van der Waals surface area contributed by atoms with Gasteiger partial charge < -0.3 is 20.4 Å². The minimum absolute atomic E-state index is 0.141. The van der Waals surface area contributed by atoms with Gasteiger partial charge in [-0.2, -0.15) is 0 Å². The molecular weight excluding hydrogens is 224 g/mol. The summed E-state index contributed by atoms with van der Waals surface area (Å²) >= 11 is 0. The fraction of sp³-hybridized carbons (Fsp3) is 0.636. The van der Waals surface area contributed by atoms with Crippen molar-refractivity contribution in [3.05, 3.63) is 12.7 Å². The van der Waals surface area contributed by atoms with E-state index in [0.29, 0.717) is 0 Å². The van der Waals surface area contributed by atoms with Crippen LogP contribution in [0.5, 0.6) is 0 Å². The average molecular weight is 244 g/mol. The van der Waals surface area contributed by atoms with Gasteiger partial charge in [0.05, 0.1) is 6.61 Å². The van der Waals surface area contributed by atoms with Gasteiger partial charge in [-0.3, -0.25) is 0 Å². The highest BCUT2D eigenvalue weighted by Gasteiger charge is 2.25. The SMILES string of the molecule is C=CCN(CCO)C(=O)N[C@H](C(=O)O)C(C)C. The zero-order chi connectivity index (χ0) is 13.4. The smallest absolute Gasteiger partial charge is 0.326 e. The molecule has 6 heteroatoms. The van der Waals surface area contributed by atoms with Gasteiger partial charge in [0.25, 0.3) is 0 Å². The highest BCUT2D eigenvalue weighted by molar-refractivity contribution is 5.82. The first-order valence-corrected chi connectivity index (χ1v) is 5.44. The Labute approximate surface area is 101 Å². The average Bonchev–Trinajstić information content (AvgIpc) is 2.24. The quantitative estimate of drug-likeness (QED) is 0.561. The molecule has 0 aromatic carbocycles. The Morgan fingerprint density at radius 3 is 2.41 bits per heavy atom. The molecule has 0 aromatic heterocycles. The molecule has 0 fully saturated rings. The van der Waals surface area contributed by atoms with Crippen LogP contribution in [0.1, 0.15) is 13.8 Å². The summed E-state index contributed by atoms with van der Waals surface area (Å²) in [7, 11) is 0. The lowest BCUT2D eigenvalue weighted by atomic mass is 10.1. The van der Waals surface area contributed by atoms with Crippen LogP contribution in [0.3, 0.4) is 0 Å². The maximum absolute atomic E-state index is 11.7. The standard InChI is InChI=1S/C11H20N2O4/c1-4-5-13(6-7-14)11(17)12-9(8(2)3)10(15)16/h4,8-9,14H,1,5-7H2,2-3H3,(H,12,17)(H,15,16)/t9-/m0/s1. The lowest BCUT2D eigenvalue weighted by molar-refractivity contribution is -0.140.